The number of halogens is 1. The number of carbonyl (C=O) groups is 1. The van der Waals surface area contributed by atoms with E-state index in [9.17, 15) is 4.79 Å². The van der Waals surface area contributed by atoms with Gasteiger partial charge in [-0.3, -0.25) is 4.79 Å². The molecule has 0 heterocycles. The van der Waals surface area contributed by atoms with E-state index < -0.39 is 5.97 Å². The first-order valence-corrected chi connectivity index (χ1v) is 5.47. The predicted molar refractivity (Wildman–Crippen MR) is 54.8 cm³/mol. The van der Waals surface area contributed by atoms with Gasteiger partial charge in [0.1, 0.15) is 4.83 Å². The molecule has 0 bridgehead atoms. The molecule has 1 N–H and O–H groups in total. The standard InChI is InChI=1S/C9H17BrO2.Na.H/c1-2-3-4-5-6-7-8(10)9(11)12;;/h8H,2-7H2,1H3,(H,11,12);;/q;+1;-1. The van der Waals surface area contributed by atoms with E-state index in [0.717, 1.165) is 19.3 Å². The van der Waals surface area contributed by atoms with Gasteiger partial charge in [-0.25, -0.2) is 0 Å². The Kier molecular flexibility index (Phi) is 13.9. The van der Waals surface area contributed by atoms with Gasteiger partial charge in [-0.05, 0) is 6.42 Å². The minimum absolute atomic E-state index is 0. The van der Waals surface area contributed by atoms with E-state index in [1.807, 2.05) is 0 Å². The molecule has 0 rings (SSSR count). The van der Waals surface area contributed by atoms with E-state index in [2.05, 4.69) is 22.9 Å². The van der Waals surface area contributed by atoms with Gasteiger partial charge in [0.05, 0.1) is 0 Å². The molecule has 0 aliphatic carbocycles. The SMILES string of the molecule is CCCCCCCC(Br)C(=O)O.[H-].[Na+]. The average molecular weight is 261 g/mol. The number of carboxylic acids is 1. The van der Waals surface area contributed by atoms with Crippen LogP contribution in [-0.2, 0) is 4.79 Å². The summed E-state index contributed by atoms with van der Waals surface area (Å²) in [4.78, 5) is 10.0. The number of aliphatic carboxylic acids is 1. The predicted octanol–water partition coefficient (Wildman–Crippen LogP) is 0.311. The molecule has 0 saturated heterocycles. The first-order chi connectivity index (χ1) is 5.68. The zero-order valence-corrected chi connectivity index (χ0v) is 12.1. The summed E-state index contributed by atoms with van der Waals surface area (Å²) >= 11 is 3.11. The van der Waals surface area contributed by atoms with Gasteiger partial charge in [0.25, 0.3) is 0 Å². The monoisotopic (exact) mass is 260 g/mol. The third-order valence-corrected chi connectivity index (χ3v) is 2.68. The third kappa shape index (κ3) is 10.9. The number of hydrogen-bond acceptors (Lipinski definition) is 1. The number of carboxylic acid groups (broad SMARTS) is 1. The van der Waals surface area contributed by atoms with Crippen LogP contribution in [0.3, 0.4) is 0 Å². The summed E-state index contributed by atoms with van der Waals surface area (Å²) < 4.78 is 0. The topological polar surface area (TPSA) is 37.3 Å². The van der Waals surface area contributed by atoms with E-state index in [1.165, 1.54) is 19.3 Å². The van der Waals surface area contributed by atoms with Gasteiger partial charge in [0.15, 0.2) is 0 Å². The Balaban J connectivity index is -0.000000605. The molecule has 0 saturated carbocycles. The second-order valence-electron chi connectivity index (χ2n) is 3.01. The van der Waals surface area contributed by atoms with Crippen molar-refractivity contribution in [2.24, 2.45) is 0 Å². The van der Waals surface area contributed by atoms with Crippen molar-refractivity contribution < 1.29 is 40.9 Å². The molecule has 4 heteroatoms. The molecular formula is C9H18BrNaO2. The van der Waals surface area contributed by atoms with Crippen LogP contribution < -0.4 is 29.6 Å². The molecule has 0 radical (unpaired) electrons. The van der Waals surface area contributed by atoms with Gasteiger partial charge < -0.3 is 6.53 Å². The minimum atomic E-state index is -0.745. The minimum Gasteiger partial charge on any atom is -1.00 e. The summed E-state index contributed by atoms with van der Waals surface area (Å²) in [7, 11) is 0. The maximum atomic E-state index is 10.4. The quantitative estimate of drug-likeness (QED) is 0.407. The van der Waals surface area contributed by atoms with Crippen molar-refractivity contribution in [3.05, 3.63) is 0 Å². The maximum absolute atomic E-state index is 10.4. The molecule has 2 nitrogen and oxygen atoms in total. The zero-order chi connectivity index (χ0) is 9.40. The van der Waals surface area contributed by atoms with Gasteiger partial charge >= 0.3 is 35.5 Å². The van der Waals surface area contributed by atoms with E-state index in [-0.39, 0.29) is 35.8 Å². The number of rotatable bonds is 7. The van der Waals surface area contributed by atoms with Crippen LogP contribution in [0.4, 0.5) is 0 Å². The second-order valence-corrected chi connectivity index (χ2v) is 4.11. The summed E-state index contributed by atoms with van der Waals surface area (Å²) in [5.74, 6) is -0.745. The van der Waals surface area contributed by atoms with Crippen molar-refractivity contribution in [2.45, 2.75) is 50.3 Å². The van der Waals surface area contributed by atoms with E-state index in [4.69, 9.17) is 5.11 Å². The van der Waals surface area contributed by atoms with E-state index >= 15 is 0 Å². The summed E-state index contributed by atoms with van der Waals surface area (Å²) in [5, 5.41) is 8.54. The van der Waals surface area contributed by atoms with Crippen molar-refractivity contribution in [1.29, 1.82) is 0 Å². The van der Waals surface area contributed by atoms with Crippen LogP contribution in [-0.4, -0.2) is 15.9 Å². The molecule has 0 fully saturated rings. The van der Waals surface area contributed by atoms with E-state index in [0.29, 0.717) is 0 Å². The fraction of sp³-hybridized carbons (Fsp3) is 0.889. The molecule has 13 heavy (non-hydrogen) atoms. The molecule has 0 amide bonds. The van der Waals surface area contributed by atoms with Crippen LogP contribution >= 0.6 is 15.9 Å². The zero-order valence-electron chi connectivity index (χ0n) is 9.55. The maximum Gasteiger partial charge on any atom is 1.00 e. The van der Waals surface area contributed by atoms with Gasteiger partial charge in [-0.2, -0.15) is 0 Å². The Hall–Kier alpha value is 0.950. The van der Waals surface area contributed by atoms with E-state index in [1.54, 1.807) is 0 Å². The summed E-state index contributed by atoms with van der Waals surface area (Å²) in [6.45, 7) is 2.17. The molecule has 74 valence electrons. The molecule has 0 aromatic carbocycles. The summed E-state index contributed by atoms with van der Waals surface area (Å²) in [5.41, 5.74) is 0. The largest absolute Gasteiger partial charge is 1.00 e. The fourth-order valence-electron chi connectivity index (χ4n) is 1.05. The van der Waals surface area contributed by atoms with Crippen LogP contribution in [0.1, 0.15) is 46.9 Å². The molecule has 0 spiro atoms. The van der Waals surface area contributed by atoms with Crippen LogP contribution in [0, 0.1) is 0 Å². The molecule has 1 unspecified atom stereocenters. The molecule has 0 aromatic rings. The van der Waals surface area contributed by atoms with Gasteiger partial charge in [-0.15, -0.1) is 0 Å². The number of alkyl halides is 1. The number of hydrogen-bond donors (Lipinski definition) is 1. The summed E-state index contributed by atoms with van der Waals surface area (Å²) in [6.07, 6.45) is 6.65. The van der Waals surface area contributed by atoms with Crippen molar-refractivity contribution >= 4 is 21.9 Å². The Morgan fingerprint density at radius 2 is 1.92 bits per heavy atom. The first-order valence-electron chi connectivity index (χ1n) is 4.55. The Morgan fingerprint density at radius 1 is 1.38 bits per heavy atom. The molecule has 0 aliphatic rings. The van der Waals surface area contributed by atoms with Crippen LogP contribution in [0.5, 0.6) is 0 Å². The van der Waals surface area contributed by atoms with Gasteiger partial charge in [-0.1, -0.05) is 55.0 Å². The normalized spacial score (nSPS) is 11.8. The molecule has 0 aromatic heterocycles. The van der Waals surface area contributed by atoms with Crippen molar-refractivity contribution in [2.75, 3.05) is 0 Å². The first kappa shape index (κ1) is 16.4. The average Bonchev–Trinajstić information content (AvgIpc) is 2.03. The number of unbranched alkanes of at least 4 members (excludes halogenated alkanes) is 4. The summed E-state index contributed by atoms with van der Waals surface area (Å²) in [6, 6.07) is 0. The Morgan fingerprint density at radius 3 is 2.38 bits per heavy atom. The smallest absolute Gasteiger partial charge is 1.00 e. The molecule has 0 aliphatic heterocycles. The van der Waals surface area contributed by atoms with Gasteiger partial charge in [0, 0.05) is 0 Å². The Labute approximate surface area is 112 Å². The molecule has 1 atom stereocenters. The third-order valence-electron chi connectivity index (χ3n) is 1.83. The van der Waals surface area contributed by atoms with Crippen LogP contribution in [0.2, 0.25) is 0 Å². The van der Waals surface area contributed by atoms with Crippen molar-refractivity contribution in [3.8, 4) is 0 Å². The van der Waals surface area contributed by atoms with Crippen molar-refractivity contribution in [1.82, 2.24) is 0 Å². The second kappa shape index (κ2) is 11.0. The van der Waals surface area contributed by atoms with Crippen LogP contribution in [0.25, 0.3) is 0 Å². The van der Waals surface area contributed by atoms with Gasteiger partial charge in [0.2, 0.25) is 0 Å². The fourth-order valence-corrected chi connectivity index (χ4v) is 1.37. The van der Waals surface area contributed by atoms with Crippen molar-refractivity contribution in [3.63, 3.8) is 0 Å². The Bertz CT molecular complexity index is 136. The molecular weight excluding hydrogens is 243 g/mol. The van der Waals surface area contributed by atoms with Crippen LogP contribution in [0.15, 0.2) is 0 Å².